The fraction of sp³-hybridized carbons (Fsp3) is 1.00. The van der Waals surface area contributed by atoms with Crippen molar-refractivity contribution in [2.75, 3.05) is 18.8 Å². The van der Waals surface area contributed by atoms with E-state index in [-0.39, 0.29) is 11.8 Å². The first-order valence-electron chi connectivity index (χ1n) is 6.35. The highest BCUT2D eigenvalue weighted by atomic mass is 32.2. The Labute approximate surface area is 99.2 Å². The smallest absolute Gasteiger partial charge is 0.213 e. The van der Waals surface area contributed by atoms with Crippen LogP contribution in [0.5, 0.6) is 0 Å². The Morgan fingerprint density at radius 2 is 2.12 bits per heavy atom. The Morgan fingerprint density at radius 3 is 2.75 bits per heavy atom. The van der Waals surface area contributed by atoms with Crippen LogP contribution in [0.4, 0.5) is 0 Å². The zero-order chi connectivity index (χ0) is 11.9. The van der Waals surface area contributed by atoms with Crippen molar-refractivity contribution >= 4 is 10.0 Å². The molecule has 2 N–H and O–H groups in total. The SMILES string of the molecule is CCCCCCNS(=O)(=O)CC1CCCN1. The number of rotatable bonds is 8. The predicted octanol–water partition coefficient (Wildman–Crippen LogP) is 1.24. The van der Waals surface area contributed by atoms with Gasteiger partial charge in [0.05, 0.1) is 5.75 Å². The van der Waals surface area contributed by atoms with E-state index in [0.717, 1.165) is 32.2 Å². The second kappa shape index (κ2) is 7.25. The van der Waals surface area contributed by atoms with Gasteiger partial charge in [0.25, 0.3) is 0 Å². The second-order valence-corrected chi connectivity index (χ2v) is 6.38. The molecule has 0 spiro atoms. The summed E-state index contributed by atoms with van der Waals surface area (Å²) >= 11 is 0. The van der Waals surface area contributed by atoms with Gasteiger partial charge in [0.2, 0.25) is 10.0 Å². The first-order chi connectivity index (χ1) is 7.64. The van der Waals surface area contributed by atoms with E-state index in [1.807, 2.05) is 0 Å². The Balaban J connectivity index is 2.13. The highest BCUT2D eigenvalue weighted by Gasteiger charge is 2.21. The van der Waals surface area contributed by atoms with Gasteiger partial charge in [-0.05, 0) is 25.8 Å². The normalized spacial score (nSPS) is 21.4. The minimum absolute atomic E-state index is 0.160. The number of sulfonamides is 1. The van der Waals surface area contributed by atoms with Gasteiger partial charge in [0.15, 0.2) is 0 Å². The maximum absolute atomic E-state index is 11.7. The molecule has 0 aromatic rings. The average molecular weight is 248 g/mol. The van der Waals surface area contributed by atoms with Crippen LogP contribution in [0.15, 0.2) is 0 Å². The molecule has 1 aliphatic heterocycles. The summed E-state index contributed by atoms with van der Waals surface area (Å²) in [5, 5.41) is 3.20. The fourth-order valence-corrected chi connectivity index (χ4v) is 3.39. The molecule has 0 amide bonds. The Kier molecular flexibility index (Phi) is 6.31. The van der Waals surface area contributed by atoms with Crippen molar-refractivity contribution in [2.24, 2.45) is 0 Å². The van der Waals surface area contributed by atoms with E-state index in [1.54, 1.807) is 0 Å². The van der Waals surface area contributed by atoms with Crippen molar-refractivity contribution in [2.45, 2.75) is 51.5 Å². The predicted molar refractivity (Wildman–Crippen MR) is 67.0 cm³/mol. The van der Waals surface area contributed by atoms with E-state index in [0.29, 0.717) is 6.54 Å². The summed E-state index contributed by atoms with van der Waals surface area (Å²) in [5.41, 5.74) is 0. The van der Waals surface area contributed by atoms with Gasteiger partial charge in [-0.25, -0.2) is 13.1 Å². The van der Waals surface area contributed by atoms with E-state index < -0.39 is 10.0 Å². The minimum Gasteiger partial charge on any atom is -0.313 e. The number of hydrogen-bond acceptors (Lipinski definition) is 3. The maximum Gasteiger partial charge on any atom is 0.213 e. The van der Waals surface area contributed by atoms with Crippen molar-refractivity contribution in [3.05, 3.63) is 0 Å². The average Bonchev–Trinajstić information content (AvgIpc) is 2.69. The van der Waals surface area contributed by atoms with Crippen molar-refractivity contribution < 1.29 is 8.42 Å². The molecule has 96 valence electrons. The van der Waals surface area contributed by atoms with E-state index in [4.69, 9.17) is 0 Å². The largest absolute Gasteiger partial charge is 0.313 e. The summed E-state index contributed by atoms with van der Waals surface area (Å²) in [6, 6.07) is 0.160. The van der Waals surface area contributed by atoms with Crippen molar-refractivity contribution in [3.63, 3.8) is 0 Å². The molecule has 0 radical (unpaired) electrons. The molecule has 4 nitrogen and oxygen atoms in total. The molecule has 1 aliphatic rings. The molecule has 5 heteroatoms. The molecule has 1 rings (SSSR count). The van der Waals surface area contributed by atoms with Crippen LogP contribution in [0.25, 0.3) is 0 Å². The molecule has 0 aliphatic carbocycles. The summed E-state index contributed by atoms with van der Waals surface area (Å²) in [6.45, 7) is 3.70. The lowest BCUT2D eigenvalue weighted by molar-refractivity contribution is 0.558. The highest BCUT2D eigenvalue weighted by molar-refractivity contribution is 7.89. The van der Waals surface area contributed by atoms with Crippen LogP contribution in [0, 0.1) is 0 Å². The summed E-state index contributed by atoms with van der Waals surface area (Å²) in [6.07, 6.45) is 6.50. The Bertz CT molecular complexity index is 272. The summed E-state index contributed by atoms with van der Waals surface area (Å²) < 4.78 is 26.0. The van der Waals surface area contributed by atoms with Crippen LogP contribution in [-0.4, -0.2) is 33.3 Å². The van der Waals surface area contributed by atoms with Crippen LogP contribution >= 0.6 is 0 Å². The molecule has 16 heavy (non-hydrogen) atoms. The molecule has 0 aromatic carbocycles. The highest BCUT2D eigenvalue weighted by Crippen LogP contribution is 2.07. The zero-order valence-electron chi connectivity index (χ0n) is 10.2. The minimum atomic E-state index is -3.06. The van der Waals surface area contributed by atoms with Gasteiger partial charge in [-0.2, -0.15) is 0 Å². The number of hydrogen-bond donors (Lipinski definition) is 2. The molecule has 1 saturated heterocycles. The van der Waals surface area contributed by atoms with E-state index in [2.05, 4.69) is 17.0 Å². The van der Waals surface area contributed by atoms with Crippen LogP contribution in [0.3, 0.4) is 0 Å². The van der Waals surface area contributed by atoms with E-state index in [1.165, 1.54) is 12.8 Å². The molecular weight excluding hydrogens is 224 g/mol. The standard InChI is InChI=1S/C11H24N2O2S/c1-2-3-4-5-9-13-16(14,15)10-11-7-6-8-12-11/h11-13H,2-10H2,1H3. The number of unbranched alkanes of at least 4 members (excludes halogenated alkanes) is 3. The third-order valence-electron chi connectivity index (χ3n) is 2.94. The van der Waals surface area contributed by atoms with Crippen LogP contribution in [0.1, 0.15) is 45.4 Å². The third kappa shape index (κ3) is 5.82. The summed E-state index contributed by atoms with van der Waals surface area (Å²) in [5.74, 6) is 0.237. The topological polar surface area (TPSA) is 58.2 Å². The lowest BCUT2D eigenvalue weighted by Gasteiger charge is -2.11. The van der Waals surface area contributed by atoms with E-state index in [9.17, 15) is 8.42 Å². The molecule has 1 unspecified atom stereocenters. The monoisotopic (exact) mass is 248 g/mol. The molecule has 0 bridgehead atoms. The van der Waals surface area contributed by atoms with Gasteiger partial charge in [-0.1, -0.05) is 26.2 Å². The molecule has 0 saturated carbocycles. The number of nitrogens with one attached hydrogen (secondary N) is 2. The Hall–Kier alpha value is -0.130. The fourth-order valence-electron chi connectivity index (χ4n) is 2.00. The van der Waals surface area contributed by atoms with Crippen molar-refractivity contribution in [1.82, 2.24) is 10.0 Å². The molecular formula is C11H24N2O2S. The van der Waals surface area contributed by atoms with Gasteiger partial charge in [-0.3, -0.25) is 0 Å². The van der Waals surface area contributed by atoms with Gasteiger partial charge in [0, 0.05) is 12.6 Å². The summed E-state index contributed by atoms with van der Waals surface area (Å²) in [4.78, 5) is 0. The lowest BCUT2D eigenvalue weighted by atomic mass is 10.2. The molecule has 1 fully saturated rings. The second-order valence-electron chi connectivity index (χ2n) is 4.53. The van der Waals surface area contributed by atoms with E-state index >= 15 is 0 Å². The lowest BCUT2D eigenvalue weighted by Crippen LogP contribution is -2.36. The zero-order valence-corrected chi connectivity index (χ0v) is 11.0. The van der Waals surface area contributed by atoms with Crippen molar-refractivity contribution in [3.8, 4) is 0 Å². The molecule has 1 atom stereocenters. The first kappa shape index (κ1) is 13.9. The van der Waals surface area contributed by atoms with Crippen LogP contribution in [0.2, 0.25) is 0 Å². The van der Waals surface area contributed by atoms with Crippen LogP contribution < -0.4 is 10.0 Å². The first-order valence-corrected chi connectivity index (χ1v) is 8.00. The molecule has 1 heterocycles. The van der Waals surface area contributed by atoms with Crippen molar-refractivity contribution in [1.29, 1.82) is 0 Å². The quantitative estimate of drug-likeness (QED) is 0.635. The van der Waals surface area contributed by atoms with Crippen LogP contribution in [-0.2, 0) is 10.0 Å². The molecule has 0 aromatic heterocycles. The Morgan fingerprint density at radius 1 is 1.31 bits per heavy atom. The van der Waals surface area contributed by atoms with Gasteiger partial charge in [0.1, 0.15) is 0 Å². The van der Waals surface area contributed by atoms with Gasteiger partial charge >= 0.3 is 0 Å². The van der Waals surface area contributed by atoms with Gasteiger partial charge < -0.3 is 5.32 Å². The summed E-state index contributed by atoms with van der Waals surface area (Å²) in [7, 11) is -3.06. The van der Waals surface area contributed by atoms with Gasteiger partial charge in [-0.15, -0.1) is 0 Å². The maximum atomic E-state index is 11.7. The third-order valence-corrected chi connectivity index (χ3v) is 4.42.